The Kier molecular flexibility index (Phi) is 8.05. The third-order valence-corrected chi connectivity index (χ3v) is 2.86. The molecule has 0 saturated heterocycles. The van der Waals surface area contributed by atoms with Crippen LogP contribution >= 0.6 is 0 Å². The molecule has 0 spiro atoms. The summed E-state index contributed by atoms with van der Waals surface area (Å²) in [6.45, 7) is 2.88. The number of ether oxygens (including phenoxy) is 1. The highest BCUT2D eigenvalue weighted by atomic mass is 32.2. The minimum atomic E-state index is -3.45. The lowest BCUT2D eigenvalue weighted by Crippen LogP contribution is -2.34. The summed E-state index contributed by atoms with van der Waals surface area (Å²) in [4.78, 5) is 11.4. The summed E-state index contributed by atoms with van der Waals surface area (Å²) < 4.78 is 26.4. The van der Waals surface area contributed by atoms with Gasteiger partial charge in [0.2, 0.25) is 15.9 Å². The molecule has 0 aliphatic carbocycles. The van der Waals surface area contributed by atoms with Crippen LogP contribution in [-0.4, -0.2) is 45.9 Å². The molecule has 0 radical (unpaired) electrons. The lowest BCUT2D eigenvalue weighted by atomic mass is 10.2. The maximum Gasteiger partial charge on any atom is 0.222 e. The van der Waals surface area contributed by atoms with E-state index in [1.165, 1.54) is 0 Å². The number of rotatable bonds is 9. The molecule has 0 aliphatic rings. The maximum atomic E-state index is 11.4. The molecule has 0 aromatic heterocycles. The number of hydrogen-bond donors (Lipinski definition) is 3. The Labute approximate surface area is 102 Å². The van der Waals surface area contributed by atoms with E-state index in [4.69, 9.17) is 15.6 Å². The number of nitrogens with two attached hydrogens (primary N) is 2. The average Bonchev–Trinajstić information content (AvgIpc) is 2.22. The van der Waals surface area contributed by atoms with Crippen LogP contribution in [0.1, 0.15) is 19.8 Å². The lowest BCUT2D eigenvalue weighted by Gasteiger charge is -2.14. The van der Waals surface area contributed by atoms with Crippen LogP contribution < -0.4 is 16.2 Å². The number of carbonyl (C=O) groups is 1. The summed E-state index contributed by atoms with van der Waals surface area (Å²) >= 11 is 0. The molecule has 7 nitrogen and oxygen atoms in total. The second-order valence-corrected chi connectivity index (χ2v) is 5.32. The van der Waals surface area contributed by atoms with Crippen molar-refractivity contribution in [3.63, 3.8) is 0 Å². The van der Waals surface area contributed by atoms with Gasteiger partial charge in [-0.2, -0.15) is 0 Å². The summed E-state index contributed by atoms with van der Waals surface area (Å²) in [6, 6.07) is 0. The summed E-state index contributed by atoms with van der Waals surface area (Å²) in [7, 11) is -3.45. The summed E-state index contributed by atoms with van der Waals surface area (Å²) in [6.07, 6.45) is 0.185. The van der Waals surface area contributed by atoms with Gasteiger partial charge >= 0.3 is 0 Å². The van der Waals surface area contributed by atoms with Gasteiger partial charge in [-0.05, 0) is 13.3 Å². The predicted molar refractivity (Wildman–Crippen MR) is 64.7 cm³/mol. The van der Waals surface area contributed by atoms with Gasteiger partial charge < -0.3 is 15.8 Å². The van der Waals surface area contributed by atoms with Crippen LogP contribution in [0.3, 0.4) is 0 Å². The second kappa shape index (κ2) is 8.40. The lowest BCUT2D eigenvalue weighted by molar-refractivity contribution is -0.123. The molecule has 0 rings (SSSR count). The Morgan fingerprint density at radius 1 is 1.47 bits per heavy atom. The molecule has 0 saturated carbocycles. The van der Waals surface area contributed by atoms with E-state index in [2.05, 4.69) is 5.32 Å². The zero-order valence-electron chi connectivity index (χ0n) is 10.0. The Morgan fingerprint density at radius 2 is 2.12 bits per heavy atom. The number of sulfonamides is 1. The van der Waals surface area contributed by atoms with Crippen molar-refractivity contribution < 1.29 is 17.9 Å². The molecule has 0 aromatic rings. The van der Waals surface area contributed by atoms with Crippen LogP contribution in [0.25, 0.3) is 0 Å². The van der Waals surface area contributed by atoms with Crippen LogP contribution in [0.2, 0.25) is 0 Å². The van der Waals surface area contributed by atoms with Crippen LogP contribution in [0.4, 0.5) is 0 Å². The van der Waals surface area contributed by atoms with Crippen molar-refractivity contribution in [2.75, 3.05) is 25.4 Å². The van der Waals surface area contributed by atoms with E-state index >= 15 is 0 Å². The van der Waals surface area contributed by atoms with Gasteiger partial charge in [-0.15, -0.1) is 0 Å². The van der Waals surface area contributed by atoms with Crippen molar-refractivity contribution in [2.24, 2.45) is 10.9 Å². The van der Waals surface area contributed by atoms with E-state index in [9.17, 15) is 13.2 Å². The number of carbonyl (C=O) groups excluding carboxylic acids is 1. The van der Waals surface area contributed by atoms with E-state index in [0.717, 1.165) is 0 Å². The molecular weight excluding hydrogens is 246 g/mol. The second-order valence-electron chi connectivity index (χ2n) is 3.59. The molecule has 102 valence electrons. The van der Waals surface area contributed by atoms with Gasteiger partial charge in [0.25, 0.3) is 0 Å². The largest absolute Gasteiger partial charge is 0.377 e. The minimum Gasteiger partial charge on any atom is -0.377 e. The third-order valence-electron chi connectivity index (χ3n) is 2.01. The number of primary sulfonamides is 1. The smallest absolute Gasteiger partial charge is 0.222 e. The fourth-order valence-corrected chi connectivity index (χ4v) is 1.77. The molecule has 0 fully saturated rings. The quantitative estimate of drug-likeness (QED) is 0.440. The van der Waals surface area contributed by atoms with Crippen LogP contribution in [0.15, 0.2) is 0 Å². The first-order chi connectivity index (χ1) is 7.89. The zero-order chi connectivity index (χ0) is 13.3. The van der Waals surface area contributed by atoms with Crippen molar-refractivity contribution >= 4 is 15.9 Å². The molecular formula is C9H21N3O4S. The van der Waals surface area contributed by atoms with Crippen LogP contribution in [0.5, 0.6) is 0 Å². The standard InChI is InChI=1S/C9H21N3O4S/c1-2-16-8(7-10)6-9(13)12-4-3-5-17(11,14)15/h8H,2-7,10H2,1H3,(H,12,13)(H2,11,14,15). The maximum absolute atomic E-state index is 11.4. The van der Waals surface area contributed by atoms with Gasteiger partial charge in [-0.3, -0.25) is 4.79 Å². The first-order valence-electron chi connectivity index (χ1n) is 5.48. The van der Waals surface area contributed by atoms with Crippen molar-refractivity contribution in [2.45, 2.75) is 25.9 Å². The number of hydrogen-bond acceptors (Lipinski definition) is 5. The van der Waals surface area contributed by atoms with E-state index in [-0.39, 0.29) is 37.3 Å². The zero-order valence-corrected chi connectivity index (χ0v) is 10.8. The predicted octanol–water partition coefficient (Wildman–Crippen LogP) is -1.46. The van der Waals surface area contributed by atoms with E-state index in [1.54, 1.807) is 0 Å². The van der Waals surface area contributed by atoms with Gasteiger partial charge in [-0.1, -0.05) is 0 Å². The van der Waals surface area contributed by atoms with Crippen LogP contribution in [0, 0.1) is 0 Å². The third kappa shape index (κ3) is 10.2. The highest BCUT2D eigenvalue weighted by Gasteiger charge is 2.12. The van der Waals surface area contributed by atoms with Gasteiger partial charge in [0.05, 0.1) is 18.3 Å². The molecule has 0 aliphatic heterocycles. The highest BCUT2D eigenvalue weighted by molar-refractivity contribution is 7.89. The van der Waals surface area contributed by atoms with E-state index in [0.29, 0.717) is 13.0 Å². The summed E-state index contributed by atoms with van der Waals surface area (Å²) in [5.41, 5.74) is 5.42. The molecule has 17 heavy (non-hydrogen) atoms. The van der Waals surface area contributed by atoms with E-state index < -0.39 is 10.0 Å². The molecule has 1 amide bonds. The van der Waals surface area contributed by atoms with Gasteiger partial charge in [-0.25, -0.2) is 13.6 Å². The molecule has 1 unspecified atom stereocenters. The van der Waals surface area contributed by atoms with Crippen molar-refractivity contribution in [1.82, 2.24) is 5.32 Å². The average molecular weight is 267 g/mol. The summed E-state index contributed by atoms with van der Waals surface area (Å²) in [5.74, 6) is -0.345. The number of nitrogens with one attached hydrogen (secondary N) is 1. The Bertz CT molecular complexity index is 318. The minimum absolute atomic E-state index is 0.140. The molecule has 0 bridgehead atoms. The van der Waals surface area contributed by atoms with Gasteiger partial charge in [0.15, 0.2) is 0 Å². The first kappa shape index (κ1) is 16.3. The van der Waals surface area contributed by atoms with Crippen molar-refractivity contribution in [3.8, 4) is 0 Å². The highest BCUT2D eigenvalue weighted by Crippen LogP contribution is 1.96. The van der Waals surface area contributed by atoms with Crippen molar-refractivity contribution in [1.29, 1.82) is 0 Å². The first-order valence-corrected chi connectivity index (χ1v) is 7.19. The SMILES string of the molecule is CCOC(CN)CC(=O)NCCCS(N)(=O)=O. The van der Waals surface area contributed by atoms with E-state index in [1.807, 2.05) is 6.92 Å². The molecule has 0 heterocycles. The molecule has 5 N–H and O–H groups in total. The normalized spacial score (nSPS) is 13.4. The molecule has 8 heteroatoms. The Balaban J connectivity index is 3.72. The van der Waals surface area contributed by atoms with Gasteiger partial charge in [0, 0.05) is 19.7 Å². The Morgan fingerprint density at radius 3 is 2.59 bits per heavy atom. The van der Waals surface area contributed by atoms with Gasteiger partial charge in [0.1, 0.15) is 0 Å². The fraction of sp³-hybridized carbons (Fsp3) is 0.889. The molecule has 1 atom stereocenters. The molecule has 0 aromatic carbocycles. The monoisotopic (exact) mass is 267 g/mol. The summed E-state index contributed by atoms with van der Waals surface area (Å²) in [5, 5.41) is 7.40. The number of amides is 1. The topological polar surface area (TPSA) is 125 Å². The Hall–Kier alpha value is -0.700. The fourth-order valence-electron chi connectivity index (χ4n) is 1.23. The van der Waals surface area contributed by atoms with Crippen molar-refractivity contribution in [3.05, 3.63) is 0 Å². The van der Waals surface area contributed by atoms with Crippen LogP contribution in [-0.2, 0) is 19.6 Å².